The van der Waals surface area contributed by atoms with Crippen molar-refractivity contribution in [1.82, 2.24) is 5.32 Å². The molecule has 0 saturated carbocycles. The standard InChI is InChI=1S/C19H24N4O2/c1-15(24)23(18-11-9-17(10-12-18)22(2)3)14-13-20-19(25)21-16-7-5-4-6-8-16/h4-12H,13-14H2,1-3H3,(H2,20,21,25). The molecule has 2 aromatic rings. The average Bonchev–Trinajstić information content (AvgIpc) is 2.59. The second-order valence-corrected chi connectivity index (χ2v) is 5.83. The highest BCUT2D eigenvalue weighted by molar-refractivity contribution is 5.92. The number of anilines is 3. The molecular formula is C19H24N4O2. The number of hydrogen-bond acceptors (Lipinski definition) is 3. The fourth-order valence-corrected chi connectivity index (χ4v) is 2.38. The van der Waals surface area contributed by atoms with E-state index in [0.29, 0.717) is 13.1 Å². The van der Waals surface area contributed by atoms with Gasteiger partial charge in [-0.25, -0.2) is 4.79 Å². The Balaban J connectivity index is 1.89. The zero-order valence-corrected chi connectivity index (χ0v) is 14.8. The Bertz CT molecular complexity index is 699. The molecular weight excluding hydrogens is 316 g/mol. The predicted octanol–water partition coefficient (Wildman–Crippen LogP) is 2.93. The Morgan fingerprint density at radius 1 is 0.920 bits per heavy atom. The molecule has 2 N–H and O–H groups in total. The van der Waals surface area contributed by atoms with Gasteiger partial charge in [-0.1, -0.05) is 18.2 Å². The largest absolute Gasteiger partial charge is 0.378 e. The number of urea groups is 1. The fraction of sp³-hybridized carbons (Fsp3) is 0.263. The van der Waals surface area contributed by atoms with Crippen molar-refractivity contribution in [3.05, 3.63) is 54.6 Å². The Hall–Kier alpha value is -3.02. The smallest absolute Gasteiger partial charge is 0.319 e. The Labute approximate surface area is 148 Å². The summed E-state index contributed by atoms with van der Waals surface area (Å²) in [7, 11) is 3.93. The molecule has 0 saturated heterocycles. The van der Waals surface area contributed by atoms with Gasteiger partial charge in [0, 0.05) is 51.2 Å². The van der Waals surface area contributed by atoms with Crippen LogP contribution in [0.2, 0.25) is 0 Å². The minimum atomic E-state index is -0.294. The Morgan fingerprint density at radius 2 is 1.52 bits per heavy atom. The molecule has 0 spiro atoms. The van der Waals surface area contributed by atoms with Crippen molar-refractivity contribution in [3.63, 3.8) is 0 Å². The summed E-state index contributed by atoms with van der Waals surface area (Å²) in [5, 5.41) is 5.51. The SMILES string of the molecule is CC(=O)N(CCNC(=O)Nc1ccccc1)c1ccc(N(C)C)cc1. The molecule has 2 aromatic carbocycles. The van der Waals surface area contributed by atoms with Gasteiger partial charge in [0.15, 0.2) is 0 Å². The first-order valence-corrected chi connectivity index (χ1v) is 8.13. The van der Waals surface area contributed by atoms with Crippen LogP contribution >= 0.6 is 0 Å². The van der Waals surface area contributed by atoms with Crippen molar-refractivity contribution in [2.75, 3.05) is 42.3 Å². The van der Waals surface area contributed by atoms with Crippen molar-refractivity contribution in [2.24, 2.45) is 0 Å². The molecule has 2 rings (SSSR count). The summed E-state index contributed by atoms with van der Waals surface area (Å²) in [6.07, 6.45) is 0. The molecule has 0 unspecified atom stereocenters. The quantitative estimate of drug-likeness (QED) is 0.850. The highest BCUT2D eigenvalue weighted by Crippen LogP contribution is 2.19. The van der Waals surface area contributed by atoms with E-state index in [-0.39, 0.29) is 11.9 Å². The molecule has 0 aliphatic rings. The molecule has 0 bridgehead atoms. The zero-order chi connectivity index (χ0) is 18.2. The fourth-order valence-electron chi connectivity index (χ4n) is 2.38. The van der Waals surface area contributed by atoms with Gasteiger partial charge in [-0.15, -0.1) is 0 Å². The van der Waals surface area contributed by atoms with Crippen LogP contribution < -0.4 is 20.4 Å². The number of nitrogens with zero attached hydrogens (tertiary/aromatic N) is 2. The van der Waals surface area contributed by atoms with Gasteiger partial charge in [0.05, 0.1) is 0 Å². The third-order valence-electron chi connectivity index (χ3n) is 3.71. The maximum absolute atomic E-state index is 11.9. The number of amides is 3. The van der Waals surface area contributed by atoms with Gasteiger partial charge in [0.2, 0.25) is 5.91 Å². The van der Waals surface area contributed by atoms with Gasteiger partial charge >= 0.3 is 6.03 Å². The van der Waals surface area contributed by atoms with Crippen LogP contribution in [0.5, 0.6) is 0 Å². The number of carbonyl (C=O) groups excluding carboxylic acids is 2. The van der Waals surface area contributed by atoms with Gasteiger partial charge in [0.25, 0.3) is 0 Å². The maximum Gasteiger partial charge on any atom is 0.319 e. The highest BCUT2D eigenvalue weighted by Gasteiger charge is 2.12. The van der Waals surface area contributed by atoms with Crippen LogP contribution in [0.4, 0.5) is 21.9 Å². The molecule has 25 heavy (non-hydrogen) atoms. The molecule has 0 aromatic heterocycles. The predicted molar refractivity (Wildman–Crippen MR) is 102 cm³/mol. The molecule has 0 radical (unpaired) electrons. The summed E-state index contributed by atoms with van der Waals surface area (Å²) in [6.45, 7) is 2.27. The Kier molecular flexibility index (Phi) is 6.39. The number of para-hydroxylation sites is 1. The highest BCUT2D eigenvalue weighted by atomic mass is 16.2. The summed E-state index contributed by atoms with van der Waals surface area (Å²) in [5.41, 5.74) is 2.60. The Morgan fingerprint density at radius 3 is 2.08 bits per heavy atom. The second-order valence-electron chi connectivity index (χ2n) is 5.83. The van der Waals surface area contributed by atoms with Crippen LogP contribution in [-0.4, -0.2) is 39.1 Å². The van der Waals surface area contributed by atoms with E-state index in [0.717, 1.165) is 17.1 Å². The van der Waals surface area contributed by atoms with Crippen LogP contribution in [0.3, 0.4) is 0 Å². The monoisotopic (exact) mass is 340 g/mol. The number of benzene rings is 2. The van der Waals surface area contributed by atoms with Crippen LogP contribution in [0, 0.1) is 0 Å². The minimum absolute atomic E-state index is 0.0668. The molecule has 132 valence electrons. The second kappa shape index (κ2) is 8.73. The lowest BCUT2D eigenvalue weighted by atomic mass is 10.2. The first kappa shape index (κ1) is 18.3. The van der Waals surface area contributed by atoms with E-state index in [1.807, 2.05) is 73.6 Å². The van der Waals surface area contributed by atoms with Crippen LogP contribution in [-0.2, 0) is 4.79 Å². The molecule has 0 aliphatic heterocycles. The van der Waals surface area contributed by atoms with Crippen molar-refractivity contribution in [3.8, 4) is 0 Å². The van der Waals surface area contributed by atoms with Crippen molar-refractivity contribution in [1.29, 1.82) is 0 Å². The minimum Gasteiger partial charge on any atom is -0.378 e. The number of nitrogens with one attached hydrogen (secondary N) is 2. The third-order valence-corrected chi connectivity index (χ3v) is 3.71. The lowest BCUT2D eigenvalue weighted by molar-refractivity contribution is -0.116. The van der Waals surface area contributed by atoms with E-state index in [9.17, 15) is 9.59 Å². The molecule has 3 amide bonds. The maximum atomic E-state index is 11.9. The lowest BCUT2D eigenvalue weighted by Crippen LogP contribution is -2.39. The van der Waals surface area contributed by atoms with Gasteiger partial charge < -0.3 is 20.4 Å². The van der Waals surface area contributed by atoms with E-state index < -0.39 is 0 Å². The van der Waals surface area contributed by atoms with E-state index in [4.69, 9.17) is 0 Å². The molecule has 0 heterocycles. The number of carbonyl (C=O) groups is 2. The molecule has 6 nitrogen and oxygen atoms in total. The van der Waals surface area contributed by atoms with Crippen molar-refractivity contribution in [2.45, 2.75) is 6.92 Å². The molecule has 0 fully saturated rings. The summed E-state index contributed by atoms with van der Waals surface area (Å²) in [5.74, 6) is -0.0668. The van der Waals surface area contributed by atoms with E-state index in [1.54, 1.807) is 4.90 Å². The normalized spacial score (nSPS) is 10.0. The van der Waals surface area contributed by atoms with E-state index >= 15 is 0 Å². The zero-order valence-electron chi connectivity index (χ0n) is 14.8. The summed E-state index contributed by atoms with van der Waals surface area (Å²) >= 11 is 0. The summed E-state index contributed by atoms with van der Waals surface area (Å²) < 4.78 is 0. The van der Waals surface area contributed by atoms with E-state index in [1.165, 1.54) is 6.92 Å². The summed E-state index contributed by atoms with van der Waals surface area (Å²) in [4.78, 5) is 27.4. The first-order chi connectivity index (χ1) is 12.0. The van der Waals surface area contributed by atoms with Crippen LogP contribution in [0.15, 0.2) is 54.6 Å². The van der Waals surface area contributed by atoms with Gasteiger partial charge in [0.1, 0.15) is 0 Å². The number of hydrogen-bond donors (Lipinski definition) is 2. The molecule has 0 aliphatic carbocycles. The van der Waals surface area contributed by atoms with E-state index in [2.05, 4.69) is 10.6 Å². The van der Waals surface area contributed by atoms with Gasteiger partial charge in [-0.3, -0.25) is 4.79 Å². The van der Waals surface area contributed by atoms with Crippen molar-refractivity contribution >= 4 is 29.0 Å². The van der Waals surface area contributed by atoms with Crippen molar-refractivity contribution < 1.29 is 9.59 Å². The van der Waals surface area contributed by atoms with Gasteiger partial charge in [-0.2, -0.15) is 0 Å². The average molecular weight is 340 g/mol. The first-order valence-electron chi connectivity index (χ1n) is 8.13. The van der Waals surface area contributed by atoms with Gasteiger partial charge in [-0.05, 0) is 36.4 Å². The lowest BCUT2D eigenvalue weighted by Gasteiger charge is -2.22. The molecule has 0 atom stereocenters. The van der Waals surface area contributed by atoms with Crippen LogP contribution in [0.25, 0.3) is 0 Å². The topological polar surface area (TPSA) is 64.7 Å². The third kappa shape index (κ3) is 5.53. The number of rotatable bonds is 6. The molecule has 6 heteroatoms. The summed E-state index contributed by atoms with van der Waals surface area (Å²) in [6, 6.07) is 16.6. The van der Waals surface area contributed by atoms with Crippen LogP contribution in [0.1, 0.15) is 6.92 Å².